The fourth-order valence-corrected chi connectivity index (χ4v) is 4.49. The Morgan fingerprint density at radius 2 is 1.80 bits per heavy atom. The molecule has 1 aromatic rings. The van der Waals surface area contributed by atoms with E-state index in [0.29, 0.717) is 0 Å². The van der Waals surface area contributed by atoms with E-state index in [4.69, 9.17) is 0 Å². The highest BCUT2D eigenvalue weighted by molar-refractivity contribution is 5.79. The summed E-state index contributed by atoms with van der Waals surface area (Å²) in [6.07, 6.45) is 10.1. The molecule has 0 aliphatic carbocycles. The number of hydrogen-bond acceptors (Lipinski definition) is 6. The maximum absolute atomic E-state index is 4.38. The molecule has 1 atom stereocenters. The molecular formula is C22H40N8. The fraction of sp³-hybridized carbons (Fsp3) is 0.773. The van der Waals surface area contributed by atoms with E-state index in [0.717, 1.165) is 76.7 Å². The van der Waals surface area contributed by atoms with E-state index in [9.17, 15) is 0 Å². The van der Waals surface area contributed by atoms with Crippen molar-refractivity contribution in [2.24, 2.45) is 4.99 Å². The summed E-state index contributed by atoms with van der Waals surface area (Å²) in [4.78, 5) is 20.5. The molecule has 3 heterocycles. The van der Waals surface area contributed by atoms with Crippen molar-refractivity contribution in [1.82, 2.24) is 30.4 Å². The molecule has 1 unspecified atom stereocenters. The van der Waals surface area contributed by atoms with Gasteiger partial charge in [-0.3, -0.25) is 14.8 Å². The summed E-state index contributed by atoms with van der Waals surface area (Å²) >= 11 is 0. The minimum Gasteiger partial charge on any atom is -0.356 e. The van der Waals surface area contributed by atoms with Crippen LogP contribution in [0, 0.1) is 0 Å². The van der Waals surface area contributed by atoms with Crippen LogP contribution in [0.25, 0.3) is 0 Å². The number of guanidine groups is 1. The van der Waals surface area contributed by atoms with Crippen molar-refractivity contribution in [3.05, 3.63) is 18.5 Å². The summed E-state index contributed by atoms with van der Waals surface area (Å²) in [5.74, 6) is 1.77. The van der Waals surface area contributed by atoms with Gasteiger partial charge in [0.15, 0.2) is 5.96 Å². The molecule has 0 radical (unpaired) electrons. The number of likely N-dealkylation sites (tertiary alicyclic amines) is 1. The molecular weight excluding hydrogens is 376 g/mol. The van der Waals surface area contributed by atoms with Crippen LogP contribution in [-0.2, 0) is 0 Å². The molecule has 8 heteroatoms. The number of nitrogens with one attached hydrogen (secondary N) is 2. The number of anilines is 1. The molecule has 0 spiro atoms. The molecule has 2 aliphatic heterocycles. The van der Waals surface area contributed by atoms with Crippen molar-refractivity contribution in [2.75, 3.05) is 70.9 Å². The SMILES string of the molecule is CCC1CCCCN1CCNC(=NC)NCCCN1CCN(c2ncccn2)CC1. The lowest BCUT2D eigenvalue weighted by Crippen LogP contribution is -2.48. The van der Waals surface area contributed by atoms with E-state index in [2.05, 4.69) is 47.2 Å². The Labute approximate surface area is 182 Å². The molecule has 8 nitrogen and oxygen atoms in total. The average Bonchev–Trinajstić information content (AvgIpc) is 2.82. The Kier molecular flexibility index (Phi) is 9.63. The topological polar surface area (TPSA) is 71.9 Å². The normalized spacial score (nSPS) is 21.6. The number of piperidine rings is 1. The van der Waals surface area contributed by atoms with Gasteiger partial charge in [0, 0.05) is 71.3 Å². The fourth-order valence-electron chi connectivity index (χ4n) is 4.49. The smallest absolute Gasteiger partial charge is 0.225 e. The predicted molar refractivity (Wildman–Crippen MR) is 124 cm³/mol. The molecule has 1 aromatic heterocycles. The van der Waals surface area contributed by atoms with Gasteiger partial charge in [-0.25, -0.2) is 9.97 Å². The number of piperazine rings is 1. The standard InChI is InChI=1S/C22H40N8/c1-3-20-8-4-5-14-29(20)15-12-25-21(23-2)24-11-7-13-28-16-18-30(19-17-28)22-26-9-6-10-27-22/h6,9-10,20H,3-5,7-8,11-19H2,1-2H3,(H2,23,24,25). The van der Waals surface area contributed by atoms with E-state index in [1.165, 1.54) is 32.2 Å². The molecule has 168 valence electrons. The van der Waals surface area contributed by atoms with Crippen LogP contribution < -0.4 is 15.5 Å². The van der Waals surface area contributed by atoms with Crippen LogP contribution in [0.1, 0.15) is 39.0 Å². The van der Waals surface area contributed by atoms with Crippen LogP contribution in [0.15, 0.2) is 23.5 Å². The van der Waals surface area contributed by atoms with Gasteiger partial charge in [-0.1, -0.05) is 13.3 Å². The molecule has 2 saturated heterocycles. The van der Waals surface area contributed by atoms with Crippen LogP contribution in [0.3, 0.4) is 0 Å². The monoisotopic (exact) mass is 416 g/mol. The molecule has 2 N–H and O–H groups in total. The quantitative estimate of drug-likeness (QED) is 0.358. The number of aromatic nitrogens is 2. The molecule has 2 fully saturated rings. The van der Waals surface area contributed by atoms with Gasteiger partial charge in [-0.05, 0) is 44.8 Å². The van der Waals surface area contributed by atoms with Gasteiger partial charge < -0.3 is 15.5 Å². The second kappa shape index (κ2) is 12.7. The first-order valence-electron chi connectivity index (χ1n) is 11.7. The zero-order valence-corrected chi connectivity index (χ0v) is 18.9. The van der Waals surface area contributed by atoms with Crippen LogP contribution >= 0.6 is 0 Å². The number of nitrogens with zero attached hydrogens (tertiary/aromatic N) is 6. The van der Waals surface area contributed by atoms with Gasteiger partial charge in [-0.15, -0.1) is 0 Å². The van der Waals surface area contributed by atoms with Gasteiger partial charge in [0.05, 0.1) is 0 Å². The first-order chi connectivity index (χ1) is 14.8. The van der Waals surface area contributed by atoms with E-state index in [1.54, 1.807) is 0 Å². The van der Waals surface area contributed by atoms with Crippen LogP contribution in [-0.4, -0.2) is 97.7 Å². The van der Waals surface area contributed by atoms with Crippen molar-refractivity contribution in [3.8, 4) is 0 Å². The highest BCUT2D eigenvalue weighted by atomic mass is 15.3. The Hall–Kier alpha value is -1.93. The molecule has 3 rings (SSSR count). The maximum atomic E-state index is 4.38. The molecule has 0 saturated carbocycles. The van der Waals surface area contributed by atoms with Crippen LogP contribution in [0.4, 0.5) is 5.95 Å². The maximum Gasteiger partial charge on any atom is 0.225 e. The molecule has 0 bridgehead atoms. The molecule has 0 aromatic carbocycles. The lowest BCUT2D eigenvalue weighted by atomic mass is 10.0. The van der Waals surface area contributed by atoms with E-state index in [-0.39, 0.29) is 0 Å². The van der Waals surface area contributed by atoms with E-state index in [1.807, 2.05) is 25.5 Å². The third kappa shape index (κ3) is 7.09. The molecule has 0 amide bonds. The predicted octanol–water partition coefficient (Wildman–Crippen LogP) is 1.42. The minimum absolute atomic E-state index is 0.768. The lowest BCUT2D eigenvalue weighted by Gasteiger charge is -2.35. The van der Waals surface area contributed by atoms with Gasteiger partial charge >= 0.3 is 0 Å². The van der Waals surface area contributed by atoms with Gasteiger partial charge in [-0.2, -0.15) is 0 Å². The van der Waals surface area contributed by atoms with Crippen molar-refractivity contribution in [2.45, 2.75) is 45.1 Å². The Morgan fingerprint density at radius 1 is 1.03 bits per heavy atom. The third-order valence-corrected chi connectivity index (χ3v) is 6.29. The van der Waals surface area contributed by atoms with Crippen molar-refractivity contribution < 1.29 is 0 Å². The highest BCUT2D eigenvalue weighted by Crippen LogP contribution is 2.18. The van der Waals surface area contributed by atoms with Crippen molar-refractivity contribution in [3.63, 3.8) is 0 Å². The summed E-state index contributed by atoms with van der Waals surface area (Å²) in [6, 6.07) is 2.63. The zero-order chi connectivity index (χ0) is 21.0. The molecule has 2 aliphatic rings. The van der Waals surface area contributed by atoms with E-state index >= 15 is 0 Å². The summed E-state index contributed by atoms with van der Waals surface area (Å²) in [6.45, 7) is 11.8. The average molecular weight is 417 g/mol. The Morgan fingerprint density at radius 3 is 2.53 bits per heavy atom. The highest BCUT2D eigenvalue weighted by Gasteiger charge is 2.20. The van der Waals surface area contributed by atoms with Gasteiger partial charge in [0.1, 0.15) is 0 Å². The van der Waals surface area contributed by atoms with Crippen LogP contribution in [0.2, 0.25) is 0 Å². The Bertz CT molecular complexity index is 615. The van der Waals surface area contributed by atoms with Gasteiger partial charge in [0.2, 0.25) is 5.95 Å². The lowest BCUT2D eigenvalue weighted by molar-refractivity contribution is 0.147. The van der Waals surface area contributed by atoms with Crippen LogP contribution in [0.5, 0.6) is 0 Å². The van der Waals surface area contributed by atoms with Crippen molar-refractivity contribution in [1.29, 1.82) is 0 Å². The number of rotatable bonds is 9. The first-order valence-corrected chi connectivity index (χ1v) is 11.7. The Balaban J connectivity index is 1.25. The second-order valence-electron chi connectivity index (χ2n) is 8.25. The third-order valence-electron chi connectivity index (χ3n) is 6.29. The summed E-state index contributed by atoms with van der Waals surface area (Å²) in [5, 5.41) is 6.96. The molecule has 30 heavy (non-hydrogen) atoms. The van der Waals surface area contributed by atoms with Crippen molar-refractivity contribution >= 4 is 11.9 Å². The first kappa shape index (κ1) is 22.7. The minimum atomic E-state index is 0.768. The largest absolute Gasteiger partial charge is 0.356 e. The summed E-state index contributed by atoms with van der Waals surface area (Å²) < 4.78 is 0. The van der Waals surface area contributed by atoms with Gasteiger partial charge in [0.25, 0.3) is 0 Å². The summed E-state index contributed by atoms with van der Waals surface area (Å²) in [5.41, 5.74) is 0. The number of aliphatic imine (C=N–C) groups is 1. The van der Waals surface area contributed by atoms with E-state index < -0.39 is 0 Å². The number of hydrogen-bond donors (Lipinski definition) is 2. The second-order valence-corrected chi connectivity index (χ2v) is 8.25. The summed E-state index contributed by atoms with van der Waals surface area (Å²) in [7, 11) is 1.86. The zero-order valence-electron chi connectivity index (χ0n) is 18.9.